The Labute approximate surface area is 101 Å². The van der Waals surface area contributed by atoms with E-state index in [0.717, 1.165) is 0 Å². The maximum atomic E-state index is 12.1. The van der Waals surface area contributed by atoms with Gasteiger partial charge in [-0.1, -0.05) is 0 Å². The number of ether oxygens (including phenoxy) is 2. The van der Waals surface area contributed by atoms with Crippen LogP contribution in [0.2, 0.25) is 0 Å². The number of rotatable bonds is 9. The number of alkyl halides is 3. The van der Waals surface area contributed by atoms with Crippen molar-refractivity contribution in [1.29, 1.82) is 0 Å². The van der Waals surface area contributed by atoms with Gasteiger partial charge in [-0.3, -0.25) is 9.05 Å². The Morgan fingerprint density at radius 3 is 1.71 bits per heavy atom. The largest absolute Gasteiger partial charge is 0.452 e. The summed E-state index contributed by atoms with van der Waals surface area (Å²) in [6.45, 7) is -4.71. The van der Waals surface area contributed by atoms with Crippen molar-refractivity contribution >= 4 is 18.2 Å². The molecule has 0 rings (SSSR count). The quantitative estimate of drug-likeness (QED) is 0.482. The first-order chi connectivity index (χ1) is 7.83. The maximum absolute atomic E-state index is 12.1. The van der Waals surface area contributed by atoms with Gasteiger partial charge in [0.25, 0.3) is 0 Å². The Kier molecular flexibility index (Phi) is 8.44. The summed E-state index contributed by atoms with van der Waals surface area (Å²) in [5.74, 6) is 0. The molecular weight excluding hydrogens is 284 g/mol. The summed E-state index contributed by atoms with van der Waals surface area (Å²) in [6.07, 6.45) is 0. The summed E-state index contributed by atoms with van der Waals surface area (Å²) in [6, 6.07) is 0. The molecule has 0 aromatic carbocycles. The topological polar surface area (TPSA) is 54.0 Å². The highest BCUT2D eigenvalue weighted by Gasteiger charge is 2.42. The van der Waals surface area contributed by atoms with E-state index in [9.17, 15) is 17.7 Å². The zero-order chi connectivity index (χ0) is 13.4. The monoisotopic (exact) mass is 298 g/mol. The van der Waals surface area contributed by atoms with Crippen LogP contribution in [0.4, 0.5) is 13.2 Å². The Bertz CT molecular complexity index is 236. The average Bonchev–Trinajstić information content (AvgIpc) is 2.15. The van der Waals surface area contributed by atoms with Crippen LogP contribution < -0.4 is 0 Å². The molecule has 0 aliphatic carbocycles. The fourth-order valence-corrected chi connectivity index (χ4v) is 3.24. The van der Waals surface area contributed by atoms with Gasteiger partial charge < -0.3 is 9.47 Å². The third-order valence-corrected chi connectivity index (χ3v) is 4.64. The first kappa shape index (κ1) is 17.2. The lowest BCUT2D eigenvalue weighted by Crippen LogP contribution is -2.08. The van der Waals surface area contributed by atoms with E-state index in [-0.39, 0.29) is 26.4 Å². The van der Waals surface area contributed by atoms with Crippen molar-refractivity contribution in [1.82, 2.24) is 0 Å². The Hall–Kier alpha value is 0.210. The van der Waals surface area contributed by atoms with Gasteiger partial charge in [0.2, 0.25) is 0 Å². The van der Waals surface area contributed by atoms with E-state index in [4.69, 9.17) is 0 Å². The van der Waals surface area contributed by atoms with Crippen LogP contribution in [-0.2, 0) is 23.1 Å². The van der Waals surface area contributed by atoms with Gasteiger partial charge in [-0.05, 0) is 0 Å². The molecular formula is C7H14F3O5PS. The minimum Gasteiger partial charge on any atom is -0.382 e. The molecule has 104 valence electrons. The Balaban J connectivity index is 4.30. The summed E-state index contributed by atoms with van der Waals surface area (Å²) < 4.78 is 66.4. The summed E-state index contributed by atoms with van der Waals surface area (Å²) >= 11 is -0.795. The van der Waals surface area contributed by atoms with Gasteiger partial charge in [0, 0.05) is 14.2 Å². The van der Waals surface area contributed by atoms with Crippen LogP contribution in [0.3, 0.4) is 0 Å². The lowest BCUT2D eigenvalue weighted by molar-refractivity contribution is -0.0320. The normalized spacial score (nSPS) is 13.0. The van der Waals surface area contributed by atoms with E-state index in [1.807, 2.05) is 0 Å². The highest BCUT2D eigenvalue weighted by molar-refractivity contribution is 8.55. The van der Waals surface area contributed by atoms with Gasteiger partial charge in [-0.2, -0.15) is 13.2 Å². The van der Waals surface area contributed by atoms with Crippen molar-refractivity contribution in [2.45, 2.75) is 5.51 Å². The van der Waals surface area contributed by atoms with Crippen molar-refractivity contribution in [3.05, 3.63) is 0 Å². The number of hydrogen-bond acceptors (Lipinski definition) is 6. The van der Waals surface area contributed by atoms with Gasteiger partial charge in [0.05, 0.1) is 37.8 Å². The minimum atomic E-state index is -4.70. The highest BCUT2D eigenvalue weighted by atomic mass is 32.7. The SMILES string of the molecule is COCCOP(=O)(OCCOC)SC(F)(F)F. The molecule has 0 fully saturated rings. The Morgan fingerprint density at radius 2 is 1.41 bits per heavy atom. The fourth-order valence-electron chi connectivity index (χ4n) is 0.682. The van der Waals surface area contributed by atoms with Gasteiger partial charge in [-0.15, -0.1) is 0 Å². The van der Waals surface area contributed by atoms with Crippen molar-refractivity contribution in [3.8, 4) is 0 Å². The van der Waals surface area contributed by atoms with Crippen molar-refractivity contribution in [2.24, 2.45) is 0 Å². The fraction of sp³-hybridized carbons (Fsp3) is 1.00. The minimum absolute atomic E-state index is 0.0239. The third-order valence-electron chi connectivity index (χ3n) is 1.29. The van der Waals surface area contributed by atoms with Crippen LogP contribution in [0.5, 0.6) is 0 Å². The van der Waals surface area contributed by atoms with Crippen LogP contribution in [0.25, 0.3) is 0 Å². The van der Waals surface area contributed by atoms with Crippen LogP contribution in [-0.4, -0.2) is 46.2 Å². The summed E-state index contributed by atoms with van der Waals surface area (Å²) in [7, 11) is 2.69. The standard InChI is InChI=1S/C7H14F3O5PS/c1-12-3-5-14-16(11,15-6-4-13-2)17-7(8,9)10/h3-6H2,1-2H3. The molecule has 5 nitrogen and oxygen atoms in total. The smallest absolute Gasteiger partial charge is 0.382 e. The van der Waals surface area contributed by atoms with Crippen LogP contribution >= 0.6 is 18.2 Å². The first-order valence-electron chi connectivity index (χ1n) is 4.47. The molecule has 0 radical (unpaired) electrons. The molecule has 0 N–H and O–H groups in total. The summed E-state index contributed by atoms with van der Waals surface area (Å²) in [4.78, 5) is 0. The molecule has 0 bridgehead atoms. The Morgan fingerprint density at radius 1 is 1.00 bits per heavy atom. The van der Waals surface area contributed by atoms with Crippen LogP contribution in [0.15, 0.2) is 0 Å². The average molecular weight is 298 g/mol. The van der Waals surface area contributed by atoms with E-state index >= 15 is 0 Å². The molecule has 0 aromatic heterocycles. The molecule has 10 heteroatoms. The molecule has 0 aliphatic heterocycles. The van der Waals surface area contributed by atoms with Gasteiger partial charge in [0.15, 0.2) is 0 Å². The summed E-state index contributed by atoms with van der Waals surface area (Å²) in [5, 5.41) is 0. The number of halogens is 3. The molecule has 0 amide bonds. The zero-order valence-corrected chi connectivity index (χ0v) is 11.1. The van der Waals surface area contributed by atoms with Crippen molar-refractivity contribution in [2.75, 3.05) is 40.6 Å². The highest BCUT2D eigenvalue weighted by Crippen LogP contribution is 2.66. The second kappa shape index (κ2) is 8.34. The lowest BCUT2D eigenvalue weighted by atomic mass is 10.8. The van der Waals surface area contributed by atoms with Crippen molar-refractivity contribution < 1.29 is 36.3 Å². The van der Waals surface area contributed by atoms with E-state index < -0.39 is 23.7 Å². The second-order valence-electron chi connectivity index (χ2n) is 2.64. The number of hydrogen-bond donors (Lipinski definition) is 0. The molecule has 0 atom stereocenters. The molecule has 0 heterocycles. The molecule has 0 saturated heterocycles. The molecule has 0 saturated carbocycles. The molecule has 0 unspecified atom stereocenters. The van der Waals surface area contributed by atoms with Crippen molar-refractivity contribution in [3.63, 3.8) is 0 Å². The predicted octanol–water partition coefficient (Wildman–Crippen LogP) is 2.67. The van der Waals surface area contributed by atoms with Gasteiger partial charge >= 0.3 is 12.3 Å². The van der Waals surface area contributed by atoms with E-state index in [2.05, 4.69) is 18.5 Å². The van der Waals surface area contributed by atoms with E-state index in [0.29, 0.717) is 0 Å². The number of methoxy groups -OCH3 is 2. The van der Waals surface area contributed by atoms with Gasteiger partial charge in [-0.25, -0.2) is 4.57 Å². The van der Waals surface area contributed by atoms with E-state index in [1.54, 1.807) is 0 Å². The molecule has 0 spiro atoms. The van der Waals surface area contributed by atoms with Crippen LogP contribution in [0.1, 0.15) is 0 Å². The predicted molar refractivity (Wildman–Crippen MR) is 56.9 cm³/mol. The molecule has 0 aromatic rings. The first-order valence-corrected chi connectivity index (χ1v) is 7.44. The third kappa shape index (κ3) is 9.87. The van der Waals surface area contributed by atoms with Gasteiger partial charge in [0.1, 0.15) is 0 Å². The second-order valence-corrected chi connectivity index (χ2v) is 6.58. The molecule has 0 aliphatic rings. The van der Waals surface area contributed by atoms with E-state index in [1.165, 1.54) is 14.2 Å². The summed E-state index contributed by atoms with van der Waals surface area (Å²) in [5.41, 5.74) is -4.70. The molecule has 17 heavy (non-hydrogen) atoms. The van der Waals surface area contributed by atoms with Crippen LogP contribution in [0, 0.1) is 0 Å². The zero-order valence-electron chi connectivity index (χ0n) is 9.36. The lowest BCUT2D eigenvalue weighted by Gasteiger charge is -2.18. The maximum Gasteiger partial charge on any atom is 0.452 e.